The maximum atomic E-state index is 12.0. The summed E-state index contributed by atoms with van der Waals surface area (Å²) in [5, 5.41) is 11.7. The first-order chi connectivity index (χ1) is 9.71. The normalized spacial score (nSPS) is 9.65. The van der Waals surface area contributed by atoms with Crippen LogP contribution in [-0.2, 0) is 0 Å². The second-order valence-electron chi connectivity index (χ2n) is 4.16. The van der Waals surface area contributed by atoms with Crippen LogP contribution < -0.4 is 10.1 Å². The molecule has 0 aliphatic rings. The van der Waals surface area contributed by atoms with E-state index in [1.165, 1.54) is 0 Å². The Hall–Kier alpha value is -2.19. The topological polar surface area (TPSA) is 61.8 Å². The second kappa shape index (κ2) is 8.83. The fraction of sp³-hybridized carbons (Fsp3) is 0.400. The minimum absolute atomic E-state index is 0.0568. The molecule has 0 unspecified atom stereocenters. The Morgan fingerprint density at radius 2 is 2.30 bits per heavy atom. The maximum Gasteiger partial charge on any atom is 0.321 e. The summed E-state index contributed by atoms with van der Waals surface area (Å²) in [4.78, 5) is 13.6. The number of carbonyl (C=O) groups excluding carboxylic acids is 1. The van der Waals surface area contributed by atoms with Crippen LogP contribution in [0.5, 0.6) is 5.75 Å². The molecule has 0 bridgehead atoms. The van der Waals surface area contributed by atoms with Crippen molar-refractivity contribution in [3.8, 4) is 18.1 Å². The molecule has 1 aromatic carbocycles. The van der Waals surface area contributed by atoms with Crippen molar-refractivity contribution < 1.29 is 14.6 Å². The molecule has 1 rings (SSSR count). The van der Waals surface area contributed by atoms with Gasteiger partial charge in [-0.15, -0.1) is 6.42 Å². The van der Waals surface area contributed by atoms with E-state index in [4.69, 9.17) is 16.3 Å². The Balaban J connectivity index is 2.66. The average Bonchev–Trinajstić information content (AvgIpc) is 2.45. The van der Waals surface area contributed by atoms with E-state index in [1.807, 2.05) is 6.92 Å². The van der Waals surface area contributed by atoms with Gasteiger partial charge in [0.1, 0.15) is 12.4 Å². The molecule has 2 N–H and O–H groups in total. The molecule has 0 saturated heterocycles. The summed E-state index contributed by atoms with van der Waals surface area (Å²) in [5.74, 6) is 2.98. The minimum atomic E-state index is -0.241. The van der Waals surface area contributed by atoms with Crippen LogP contribution in [0.3, 0.4) is 0 Å². The Kier molecular flexibility index (Phi) is 7.01. The molecular weight excluding hydrogens is 256 g/mol. The minimum Gasteiger partial charge on any atom is -0.481 e. The molecular formula is C15H20N2O3. The summed E-state index contributed by atoms with van der Waals surface area (Å²) in [7, 11) is 0. The second-order valence-corrected chi connectivity index (χ2v) is 4.16. The highest BCUT2D eigenvalue weighted by Gasteiger charge is 2.12. The molecule has 0 saturated carbocycles. The smallest absolute Gasteiger partial charge is 0.321 e. The van der Waals surface area contributed by atoms with E-state index in [0.717, 1.165) is 6.42 Å². The zero-order chi connectivity index (χ0) is 14.8. The quantitative estimate of drug-likeness (QED) is 0.748. The molecule has 5 nitrogen and oxygen atoms in total. The lowest BCUT2D eigenvalue weighted by atomic mass is 10.3. The molecule has 0 aromatic heterocycles. The number of terminal acetylenes is 1. The standard InChI is InChI=1S/C15H20N2O3/c1-3-8-17(9-10-18)15(19)16-13-6-5-7-14(12-13)20-11-4-2/h2,5-7,12,18H,3,8-11H2,1H3,(H,16,19). The van der Waals surface area contributed by atoms with Gasteiger partial charge in [0.05, 0.1) is 6.61 Å². The summed E-state index contributed by atoms with van der Waals surface area (Å²) < 4.78 is 5.29. The number of urea groups is 1. The van der Waals surface area contributed by atoms with Gasteiger partial charge in [-0.3, -0.25) is 0 Å². The molecule has 0 aliphatic carbocycles. The van der Waals surface area contributed by atoms with Gasteiger partial charge in [0.2, 0.25) is 0 Å². The molecule has 20 heavy (non-hydrogen) atoms. The summed E-state index contributed by atoms with van der Waals surface area (Å²) >= 11 is 0. The highest BCUT2D eigenvalue weighted by molar-refractivity contribution is 5.89. The van der Waals surface area contributed by atoms with Crippen molar-refractivity contribution >= 4 is 11.7 Å². The van der Waals surface area contributed by atoms with Gasteiger partial charge in [-0.2, -0.15) is 0 Å². The van der Waals surface area contributed by atoms with Gasteiger partial charge in [-0.05, 0) is 18.6 Å². The van der Waals surface area contributed by atoms with Gasteiger partial charge in [0.25, 0.3) is 0 Å². The fourth-order valence-corrected chi connectivity index (χ4v) is 1.70. The molecule has 0 heterocycles. The van der Waals surface area contributed by atoms with Crippen LogP contribution in [0, 0.1) is 12.3 Å². The number of hydrogen-bond acceptors (Lipinski definition) is 3. The Bertz CT molecular complexity index is 462. The number of carbonyl (C=O) groups is 1. The SMILES string of the molecule is C#CCOc1cccc(NC(=O)N(CCC)CCO)c1. The molecule has 0 aliphatic heterocycles. The van der Waals surface area contributed by atoms with E-state index in [-0.39, 0.29) is 19.2 Å². The molecule has 108 valence electrons. The van der Waals surface area contributed by atoms with Crippen molar-refractivity contribution in [2.24, 2.45) is 0 Å². The number of hydrogen-bond donors (Lipinski definition) is 2. The van der Waals surface area contributed by atoms with Crippen LogP contribution in [-0.4, -0.2) is 42.3 Å². The van der Waals surface area contributed by atoms with Crippen LogP contribution >= 0.6 is 0 Å². The summed E-state index contributed by atoms with van der Waals surface area (Å²) in [5.41, 5.74) is 0.628. The van der Waals surface area contributed by atoms with Gasteiger partial charge in [-0.25, -0.2) is 4.79 Å². The van der Waals surface area contributed by atoms with Crippen LogP contribution in [0.2, 0.25) is 0 Å². The van der Waals surface area contributed by atoms with Crippen molar-refractivity contribution in [2.75, 3.05) is 31.6 Å². The van der Waals surface area contributed by atoms with Crippen molar-refractivity contribution in [1.82, 2.24) is 4.90 Å². The lowest BCUT2D eigenvalue weighted by Gasteiger charge is -2.21. The predicted octanol–water partition coefficient (Wildman–Crippen LogP) is 1.93. The summed E-state index contributed by atoms with van der Waals surface area (Å²) in [6, 6.07) is 6.78. The Morgan fingerprint density at radius 3 is 2.95 bits per heavy atom. The zero-order valence-electron chi connectivity index (χ0n) is 11.6. The summed E-state index contributed by atoms with van der Waals surface area (Å²) in [6.07, 6.45) is 5.96. The first-order valence-electron chi connectivity index (χ1n) is 6.54. The largest absolute Gasteiger partial charge is 0.481 e. The van der Waals surface area contributed by atoms with Crippen LogP contribution in [0.15, 0.2) is 24.3 Å². The number of rotatable bonds is 7. The molecule has 0 radical (unpaired) electrons. The van der Waals surface area contributed by atoms with E-state index >= 15 is 0 Å². The Labute approximate surface area is 119 Å². The van der Waals surface area contributed by atoms with Crippen LogP contribution in [0.25, 0.3) is 0 Å². The number of nitrogens with one attached hydrogen (secondary N) is 1. The van der Waals surface area contributed by atoms with Crippen LogP contribution in [0.4, 0.5) is 10.5 Å². The highest BCUT2D eigenvalue weighted by Crippen LogP contribution is 2.17. The van der Waals surface area contributed by atoms with Crippen molar-refractivity contribution in [3.63, 3.8) is 0 Å². The number of amides is 2. The van der Waals surface area contributed by atoms with Gasteiger partial charge < -0.3 is 20.1 Å². The lowest BCUT2D eigenvalue weighted by molar-refractivity contribution is 0.188. The average molecular weight is 276 g/mol. The van der Waals surface area contributed by atoms with Gasteiger partial charge in [-0.1, -0.05) is 18.9 Å². The third-order valence-electron chi connectivity index (χ3n) is 2.56. The van der Waals surface area contributed by atoms with Crippen LogP contribution in [0.1, 0.15) is 13.3 Å². The number of aliphatic hydroxyl groups is 1. The molecule has 5 heteroatoms. The molecule has 1 aromatic rings. The maximum absolute atomic E-state index is 12.0. The lowest BCUT2D eigenvalue weighted by Crippen LogP contribution is -2.37. The van der Waals surface area contributed by atoms with E-state index in [9.17, 15) is 4.79 Å². The molecule has 2 amide bonds. The monoisotopic (exact) mass is 276 g/mol. The molecule has 0 fully saturated rings. The van der Waals surface area contributed by atoms with Crippen molar-refractivity contribution in [3.05, 3.63) is 24.3 Å². The summed E-state index contributed by atoms with van der Waals surface area (Å²) in [6.45, 7) is 3.02. The van der Waals surface area contributed by atoms with E-state index in [2.05, 4.69) is 11.2 Å². The van der Waals surface area contributed by atoms with E-state index in [1.54, 1.807) is 29.2 Å². The number of benzene rings is 1. The number of anilines is 1. The number of ether oxygens (including phenoxy) is 1. The van der Waals surface area contributed by atoms with Crippen molar-refractivity contribution in [1.29, 1.82) is 0 Å². The number of nitrogens with zero attached hydrogens (tertiary/aromatic N) is 1. The molecule has 0 atom stereocenters. The zero-order valence-corrected chi connectivity index (χ0v) is 11.6. The van der Waals surface area contributed by atoms with Crippen molar-refractivity contribution in [2.45, 2.75) is 13.3 Å². The van der Waals surface area contributed by atoms with Gasteiger partial charge >= 0.3 is 6.03 Å². The highest BCUT2D eigenvalue weighted by atomic mass is 16.5. The molecule has 0 spiro atoms. The van der Waals surface area contributed by atoms with E-state index in [0.29, 0.717) is 24.5 Å². The van der Waals surface area contributed by atoms with Gasteiger partial charge in [0.15, 0.2) is 0 Å². The fourth-order valence-electron chi connectivity index (χ4n) is 1.70. The van der Waals surface area contributed by atoms with E-state index < -0.39 is 0 Å². The predicted molar refractivity (Wildman–Crippen MR) is 78.7 cm³/mol. The third kappa shape index (κ3) is 5.21. The first-order valence-corrected chi connectivity index (χ1v) is 6.54. The van der Waals surface area contributed by atoms with Gasteiger partial charge in [0, 0.05) is 24.8 Å². The third-order valence-corrected chi connectivity index (χ3v) is 2.56. The number of aliphatic hydroxyl groups excluding tert-OH is 1. The Morgan fingerprint density at radius 1 is 1.50 bits per heavy atom. The first kappa shape index (κ1) is 15.9.